The van der Waals surface area contributed by atoms with Crippen LogP contribution in [0.4, 0.5) is 0 Å². The molecule has 21 heavy (non-hydrogen) atoms. The van der Waals surface area contributed by atoms with Crippen molar-refractivity contribution >= 4 is 5.91 Å². The van der Waals surface area contributed by atoms with Crippen LogP contribution in [0.25, 0.3) is 0 Å². The molecule has 0 unspecified atom stereocenters. The Morgan fingerprint density at radius 1 is 1.43 bits per heavy atom. The molecule has 0 aliphatic carbocycles. The molecule has 1 aliphatic rings. The molecule has 3 heterocycles. The second-order valence-corrected chi connectivity index (χ2v) is 5.13. The lowest BCUT2D eigenvalue weighted by Crippen LogP contribution is -2.31. The maximum Gasteiger partial charge on any atom is 0.255 e. The summed E-state index contributed by atoms with van der Waals surface area (Å²) < 4.78 is 7.13. The first kappa shape index (κ1) is 13.6. The van der Waals surface area contributed by atoms with Crippen molar-refractivity contribution in [3.05, 3.63) is 41.3 Å². The molecule has 0 aromatic carbocycles. The molecule has 6 heteroatoms. The van der Waals surface area contributed by atoms with Crippen LogP contribution >= 0.6 is 0 Å². The first-order chi connectivity index (χ1) is 10.2. The largest absolute Gasteiger partial charge is 0.480 e. The van der Waals surface area contributed by atoms with Crippen molar-refractivity contribution in [2.75, 3.05) is 13.7 Å². The molecule has 0 radical (unpaired) electrons. The Hall–Kier alpha value is -2.37. The summed E-state index contributed by atoms with van der Waals surface area (Å²) in [4.78, 5) is 18.4. The van der Waals surface area contributed by atoms with Gasteiger partial charge < -0.3 is 9.64 Å². The highest BCUT2D eigenvalue weighted by molar-refractivity contribution is 5.93. The Morgan fingerprint density at radius 2 is 2.29 bits per heavy atom. The lowest BCUT2D eigenvalue weighted by atomic mass is 10.1. The molecular formula is C15H18N4O2. The minimum Gasteiger partial charge on any atom is -0.480 e. The first-order valence-corrected chi connectivity index (χ1v) is 6.98. The molecule has 110 valence electrons. The molecule has 6 nitrogen and oxygen atoms in total. The quantitative estimate of drug-likeness (QED) is 0.837. The average molecular weight is 286 g/mol. The van der Waals surface area contributed by atoms with Crippen molar-refractivity contribution in [1.29, 1.82) is 0 Å². The van der Waals surface area contributed by atoms with Gasteiger partial charge in [-0.1, -0.05) is 0 Å². The lowest BCUT2D eigenvalue weighted by Gasteiger charge is -2.20. The van der Waals surface area contributed by atoms with E-state index in [1.807, 2.05) is 16.6 Å². The van der Waals surface area contributed by atoms with E-state index in [9.17, 15) is 4.79 Å². The number of rotatable bonds is 2. The van der Waals surface area contributed by atoms with Crippen molar-refractivity contribution in [3.8, 4) is 5.88 Å². The molecule has 0 bridgehead atoms. The number of carbonyl (C=O) groups excluding carboxylic acids is 1. The topological polar surface area (TPSA) is 60.2 Å². The molecule has 0 N–H and O–H groups in total. The summed E-state index contributed by atoms with van der Waals surface area (Å²) in [5.74, 6) is 0.680. The zero-order chi connectivity index (χ0) is 14.8. The fourth-order valence-electron chi connectivity index (χ4n) is 2.74. The molecule has 0 saturated heterocycles. The van der Waals surface area contributed by atoms with Gasteiger partial charge in [0.2, 0.25) is 5.88 Å². The summed E-state index contributed by atoms with van der Waals surface area (Å²) in [5.41, 5.74) is 2.78. The van der Waals surface area contributed by atoms with Crippen LogP contribution in [0, 0.1) is 0 Å². The Labute approximate surface area is 123 Å². The van der Waals surface area contributed by atoms with Crippen LogP contribution in [0.1, 0.15) is 28.0 Å². The Morgan fingerprint density at radius 3 is 3.00 bits per heavy atom. The number of fused-ring (bicyclic) bond motifs is 1. The van der Waals surface area contributed by atoms with E-state index < -0.39 is 0 Å². The van der Waals surface area contributed by atoms with Gasteiger partial charge in [0, 0.05) is 31.5 Å². The molecular weight excluding hydrogens is 268 g/mol. The van der Waals surface area contributed by atoms with Crippen molar-refractivity contribution < 1.29 is 9.53 Å². The average Bonchev–Trinajstić information content (AvgIpc) is 2.70. The van der Waals surface area contributed by atoms with Crippen LogP contribution in [0.5, 0.6) is 5.88 Å². The normalized spacial score (nSPS) is 14.5. The summed E-state index contributed by atoms with van der Waals surface area (Å²) >= 11 is 0. The maximum atomic E-state index is 12.6. The third kappa shape index (κ3) is 2.49. The van der Waals surface area contributed by atoms with E-state index >= 15 is 0 Å². The molecule has 2 aromatic heterocycles. The van der Waals surface area contributed by atoms with Gasteiger partial charge in [-0.05, 0) is 25.0 Å². The number of aryl methyl sites for hydroxylation is 1. The van der Waals surface area contributed by atoms with Crippen LogP contribution in [0.3, 0.4) is 0 Å². The molecule has 0 saturated carbocycles. The summed E-state index contributed by atoms with van der Waals surface area (Å²) in [7, 11) is 3.52. The molecule has 2 aromatic rings. The number of nitrogens with zero attached hydrogens (tertiary/aromatic N) is 4. The van der Waals surface area contributed by atoms with Gasteiger partial charge in [0.25, 0.3) is 5.91 Å². The summed E-state index contributed by atoms with van der Waals surface area (Å²) in [5, 5.41) is 4.36. The highest BCUT2D eigenvalue weighted by Crippen LogP contribution is 2.27. The van der Waals surface area contributed by atoms with Crippen LogP contribution in [-0.4, -0.2) is 39.2 Å². The van der Waals surface area contributed by atoms with Gasteiger partial charge in [0.05, 0.1) is 24.9 Å². The molecule has 3 rings (SSSR count). The van der Waals surface area contributed by atoms with Crippen LogP contribution < -0.4 is 4.74 Å². The third-order valence-electron chi connectivity index (χ3n) is 3.82. The van der Waals surface area contributed by atoms with E-state index in [1.165, 1.54) is 0 Å². The van der Waals surface area contributed by atoms with Crippen molar-refractivity contribution in [2.24, 2.45) is 7.05 Å². The minimum atomic E-state index is 0.0103. The molecule has 1 amide bonds. The van der Waals surface area contributed by atoms with E-state index in [0.29, 0.717) is 18.0 Å². The molecule has 0 atom stereocenters. The summed E-state index contributed by atoms with van der Waals surface area (Å²) in [6.45, 7) is 1.28. The van der Waals surface area contributed by atoms with E-state index in [0.717, 1.165) is 30.6 Å². The van der Waals surface area contributed by atoms with Crippen molar-refractivity contribution in [2.45, 2.75) is 19.4 Å². The summed E-state index contributed by atoms with van der Waals surface area (Å²) in [6.07, 6.45) is 5.06. The molecule has 0 spiro atoms. The standard InChI is InChI=1S/C15H18N4O2/c1-18-13-10-19(15(20)11-5-3-7-16-9-11)8-4-6-12(13)14(17-18)21-2/h3,5,7,9H,4,6,8,10H2,1-2H3. The number of methoxy groups -OCH3 is 1. The van der Waals surface area contributed by atoms with E-state index in [1.54, 1.807) is 31.6 Å². The number of amides is 1. The van der Waals surface area contributed by atoms with Gasteiger partial charge in [-0.2, -0.15) is 0 Å². The second-order valence-electron chi connectivity index (χ2n) is 5.13. The predicted molar refractivity (Wildman–Crippen MR) is 77.1 cm³/mol. The van der Waals surface area contributed by atoms with Gasteiger partial charge in [-0.15, -0.1) is 5.10 Å². The van der Waals surface area contributed by atoms with E-state index in [2.05, 4.69) is 10.1 Å². The smallest absolute Gasteiger partial charge is 0.255 e. The number of hydrogen-bond donors (Lipinski definition) is 0. The number of ether oxygens (including phenoxy) is 1. The monoisotopic (exact) mass is 286 g/mol. The molecule has 1 aliphatic heterocycles. The first-order valence-electron chi connectivity index (χ1n) is 6.98. The Bertz CT molecular complexity index is 651. The summed E-state index contributed by atoms with van der Waals surface area (Å²) in [6, 6.07) is 3.58. The SMILES string of the molecule is COc1nn(C)c2c1CCCN(C(=O)c1cccnc1)C2. The Kier molecular flexibility index (Phi) is 3.60. The van der Waals surface area contributed by atoms with Crippen LogP contribution in [0.2, 0.25) is 0 Å². The zero-order valence-corrected chi connectivity index (χ0v) is 12.2. The highest BCUT2D eigenvalue weighted by atomic mass is 16.5. The number of pyridine rings is 1. The zero-order valence-electron chi connectivity index (χ0n) is 12.2. The minimum absolute atomic E-state index is 0.0103. The predicted octanol–water partition coefficient (Wildman–Crippen LogP) is 1.41. The number of aromatic nitrogens is 3. The lowest BCUT2D eigenvalue weighted by molar-refractivity contribution is 0.0742. The van der Waals surface area contributed by atoms with E-state index in [4.69, 9.17) is 4.74 Å². The second kappa shape index (κ2) is 5.55. The fourth-order valence-corrected chi connectivity index (χ4v) is 2.74. The highest BCUT2D eigenvalue weighted by Gasteiger charge is 2.25. The number of carbonyl (C=O) groups is 1. The Balaban J connectivity index is 1.89. The van der Waals surface area contributed by atoms with Gasteiger partial charge >= 0.3 is 0 Å². The fraction of sp³-hybridized carbons (Fsp3) is 0.400. The van der Waals surface area contributed by atoms with Crippen LogP contribution in [0.15, 0.2) is 24.5 Å². The van der Waals surface area contributed by atoms with Crippen LogP contribution in [-0.2, 0) is 20.0 Å². The van der Waals surface area contributed by atoms with Gasteiger partial charge in [0.15, 0.2) is 0 Å². The van der Waals surface area contributed by atoms with E-state index in [-0.39, 0.29) is 5.91 Å². The third-order valence-corrected chi connectivity index (χ3v) is 3.82. The van der Waals surface area contributed by atoms with Gasteiger partial charge in [-0.3, -0.25) is 14.5 Å². The van der Waals surface area contributed by atoms with Crippen molar-refractivity contribution in [3.63, 3.8) is 0 Å². The maximum absolute atomic E-state index is 12.6. The van der Waals surface area contributed by atoms with Gasteiger partial charge in [-0.25, -0.2) is 0 Å². The number of hydrogen-bond acceptors (Lipinski definition) is 4. The molecule has 0 fully saturated rings. The van der Waals surface area contributed by atoms with Gasteiger partial charge in [0.1, 0.15) is 0 Å². The van der Waals surface area contributed by atoms with Crippen molar-refractivity contribution in [1.82, 2.24) is 19.7 Å².